The molecule has 9 heteroatoms. The summed E-state index contributed by atoms with van der Waals surface area (Å²) in [6.45, 7) is 3.95. The summed E-state index contributed by atoms with van der Waals surface area (Å²) in [7, 11) is 2.92. The van der Waals surface area contributed by atoms with Crippen molar-refractivity contribution in [3.63, 3.8) is 0 Å². The molecule has 2 N–H and O–H groups in total. The summed E-state index contributed by atoms with van der Waals surface area (Å²) >= 11 is 1.19. The van der Waals surface area contributed by atoms with Crippen LogP contribution < -0.4 is 10.1 Å². The first kappa shape index (κ1) is 20.8. The molecule has 2 aromatic rings. The molecule has 1 amide bonds. The second-order valence-electron chi connectivity index (χ2n) is 6.26. The first-order valence-corrected chi connectivity index (χ1v) is 9.48. The van der Waals surface area contributed by atoms with Gasteiger partial charge in [-0.05, 0) is 36.6 Å². The predicted octanol–water partition coefficient (Wildman–Crippen LogP) is 2.28. The van der Waals surface area contributed by atoms with E-state index >= 15 is 0 Å². The van der Waals surface area contributed by atoms with Gasteiger partial charge >= 0.3 is 5.97 Å². The SMILES string of the molecule is COC(=O)[C@H](CC(C)C)NC(=O)CSc1n[nH]c(-c2ccc(OC)cc2)n1. The lowest BCUT2D eigenvalue weighted by molar-refractivity contribution is -0.145. The number of rotatable bonds is 9. The van der Waals surface area contributed by atoms with Crippen LogP contribution in [0.1, 0.15) is 20.3 Å². The van der Waals surface area contributed by atoms with Gasteiger partial charge in [0.2, 0.25) is 11.1 Å². The molecule has 0 unspecified atom stereocenters. The lowest BCUT2D eigenvalue weighted by atomic mass is 10.0. The fourth-order valence-corrected chi connectivity index (χ4v) is 2.99. The van der Waals surface area contributed by atoms with Crippen molar-refractivity contribution in [3.05, 3.63) is 24.3 Å². The molecule has 0 fully saturated rings. The van der Waals surface area contributed by atoms with Crippen LogP contribution in [0.5, 0.6) is 5.75 Å². The summed E-state index contributed by atoms with van der Waals surface area (Å²) in [6, 6.07) is 6.76. The zero-order chi connectivity index (χ0) is 19.8. The maximum absolute atomic E-state index is 12.2. The highest BCUT2D eigenvalue weighted by atomic mass is 32.2. The third-order valence-corrected chi connectivity index (χ3v) is 4.54. The smallest absolute Gasteiger partial charge is 0.328 e. The molecule has 1 aromatic carbocycles. The molecule has 146 valence electrons. The van der Waals surface area contributed by atoms with Crippen molar-refractivity contribution in [1.29, 1.82) is 0 Å². The molecule has 1 heterocycles. The highest BCUT2D eigenvalue weighted by molar-refractivity contribution is 7.99. The molecule has 8 nitrogen and oxygen atoms in total. The Kier molecular flexibility index (Phi) is 7.66. The number of hydrogen-bond donors (Lipinski definition) is 2. The molecule has 0 spiro atoms. The monoisotopic (exact) mass is 392 g/mol. The molecule has 0 bridgehead atoms. The minimum absolute atomic E-state index is 0.103. The number of thioether (sulfide) groups is 1. The molecule has 0 aliphatic carbocycles. The number of esters is 1. The molecule has 1 aromatic heterocycles. The van der Waals surface area contributed by atoms with Gasteiger partial charge in [0, 0.05) is 5.56 Å². The number of benzene rings is 1. The Hall–Kier alpha value is -2.55. The summed E-state index contributed by atoms with van der Waals surface area (Å²) in [4.78, 5) is 28.3. The van der Waals surface area contributed by atoms with Crippen molar-refractivity contribution in [1.82, 2.24) is 20.5 Å². The van der Waals surface area contributed by atoms with E-state index in [1.165, 1.54) is 18.9 Å². The van der Waals surface area contributed by atoms with E-state index in [1.54, 1.807) is 7.11 Å². The number of aromatic nitrogens is 3. The largest absolute Gasteiger partial charge is 0.497 e. The van der Waals surface area contributed by atoms with Crippen molar-refractivity contribution in [2.75, 3.05) is 20.0 Å². The topological polar surface area (TPSA) is 106 Å². The summed E-state index contributed by atoms with van der Waals surface area (Å²) in [6.07, 6.45) is 0.519. The van der Waals surface area contributed by atoms with Crippen LogP contribution >= 0.6 is 11.8 Å². The highest BCUT2D eigenvalue weighted by Crippen LogP contribution is 2.21. The van der Waals surface area contributed by atoms with E-state index in [2.05, 4.69) is 20.5 Å². The number of nitrogens with one attached hydrogen (secondary N) is 2. The zero-order valence-electron chi connectivity index (χ0n) is 15.8. The Balaban J connectivity index is 1.91. The Morgan fingerprint density at radius 3 is 2.52 bits per heavy atom. The predicted molar refractivity (Wildman–Crippen MR) is 102 cm³/mol. The molecule has 0 aliphatic heterocycles. The van der Waals surface area contributed by atoms with Crippen molar-refractivity contribution >= 4 is 23.6 Å². The highest BCUT2D eigenvalue weighted by Gasteiger charge is 2.22. The average molecular weight is 392 g/mol. The van der Waals surface area contributed by atoms with Gasteiger partial charge in [-0.3, -0.25) is 9.89 Å². The van der Waals surface area contributed by atoms with Gasteiger partial charge in [-0.1, -0.05) is 25.6 Å². The fourth-order valence-electron chi connectivity index (χ4n) is 2.38. The number of nitrogens with zero attached hydrogens (tertiary/aromatic N) is 2. The molecular weight excluding hydrogens is 368 g/mol. The van der Waals surface area contributed by atoms with Crippen LogP contribution in [0.4, 0.5) is 0 Å². The van der Waals surface area contributed by atoms with Gasteiger partial charge in [-0.2, -0.15) is 0 Å². The van der Waals surface area contributed by atoms with E-state index in [1.807, 2.05) is 38.1 Å². The van der Waals surface area contributed by atoms with Crippen LogP contribution in [-0.4, -0.2) is 53.1 Å². The lowest BCUT2D eigenvalue weighted by Crippen LogP contribution is -2.43. The third-order valence-electron chi connectivity index (χ3n) is 3.69. The number of hydrogen-bond acceptors (Lipinski definition) is 7. The lowest BCUT2D eigenvalue weighted by Gasteiger charge is -2.17. The van der Waals surface area contributed by atoms with Crippen LogP contribution in [0.15, 0.2) is 29.4 Å². The second kappa shape index (κ2) is 9.96. The Morgan fingerprint density at radius 1 is 1.22 bits per heavy atom. The van der Waals surface area contributed by atoms with Crippen LogP contribution in [0.3, 0.4) is 0 Å². The van der Waals surface area contributed by atoms with Crippen molar-refractivity contribution in [2.24, 2.45) is 5.92 Å². The summed E-state index contributed by atoms with van der Waals surface area (Å²) in [5.41, 5.74) is 0.863. The van der Waals surface area contributed by atoms with Crippen LogP contribution in [0, 0.1) is 5.92 Å². The summed E-state index contributed by atoms with van der Waals surface area (Å²) in [5.74, 6) is 1.00. The minimum atomic E-state index is -0.648. The average Bonchev–Trinajstić information content (AvgIpc) is 3.14. The number of carbonyl (C=O) groups is 2. The van der Waals surface area contributed by atoms with Gasteiger partial charge in [0.25, 0.3) is 0 Å². The molecule has 0 radical (unpaired) electrons. The number of H-pyrrole nitrogens is 1. The summed E-state index contributed by atoms with van der Waals surface area (Å²) < 4.78 is 9.87. The summed E-state index contributed by atoms with van der Waals surface area (Å²) in [5, 5.41) is 10.1. The molecule has 27 heavy (non-hydrogen) atoms. The van der Waals surface area contributed by atoms with E-state index in [9.17, 15) is 9.59 Å². The van der Waals surface area contributed by atoms with Crippen LogP contribution in [0.2, 0.25) is 0 Å². The second-order valence-corrected chi connectivity index (χ2v) is 7.20. The van der Waals surface area contributed by atoms with E-state index in [0.29, 0.717) is 17.4 Å². The van der Waals surface area contributed by atoms with Gasteiger partial charge in [0.05, 0.1) is 20.0 Å². The fraction of sp³-hybridized carbons (Fsp3) is 0.444. The molecule has 0 aliphatic rings. The van der Waals surface area contributed by atoms with E-state index in [-0.39, 0.29) is 17.6 Å². The van der Waals surface area contributed by atoms with Crippen molar-refractivity contribution < 1.29 is 19.1 Å². The van der Waals surface area contributed by atoms with Gasteiger partial charge in [0.1, 0.15) is 11.8 Å². The van der Waals surface area contributed by atoms with Crippen molar-refractivity contribution in [3.8, 4) is 17.1 Å². The van der Waals surface area contributed by atoms with Gasteiger partial charge < -0.3 is 14.8 Å². The minimum Gasteiger partial charge on any atom is -0.497 e. The molecule has 0 saturated carbocycles. The third kappa shape index (κ3) is 6.28. The number of ether oxygens (including phenoxy) is 2. The number of aromatic amines is 1. The van der Waals surface area contributed by atoms with E-state index in [0.717, 1.165) is 11.3 Å². The number of amides is 1. The van der Waals surface area contributed by atoms with Gasteiger partial charge in [-0.25, -0.2) is 9.78 Å². The molecular formula is C18H24N4O4S. The van der Waals surface area contributed by atoms with Crippen LogP contribution in [-0.2, 0) is 14.3 Å². The Bertz CT molecular complexity index is 761. The Morgan fingerprint density at radius 2 is 1.93 bits per heavy atom. The van der Waals surface area contributed by atoms with Crippen molar-refractivity contribution in [2.45, 2.75) is 31.5 Å². The molecule has 0 saturated heterocycles. The molecule has 2 rings (SSSR count). The maximum Gasteiger partial charge on any atom is 0.328 e. The number of carbonyl (C=O) groups excluding carboxylic acids is 2. The standard InChI is InChI=1S/C18H24N4O4S/c1-11(2)9-14(17(24)26-4)19-15(23)10-27-18-20-16(21-22-18)12-5-7-13(25-3)8-6-12/h5-8,11,14H,9-10H2,1-4H3,(H,19,23)(H,20,21,22)/t14-/m0/s1. The van der Waals surface area contributed by atoms with Gasteiger partial charge in [-0.15, -0.1) is 5.10 Å². The number of methoxy groups -OCH3 is 2. The molecule has 1 atom stereocenters. The first-order valence-electron chi connectivity index (χ1n) is 8.49. The van der Waals surface area contributed by atoms with Crippen LogP contribution in [0.25, 0.3) is 11.4 Å². The first-order chi connectivity index (χ1) is 12.9. The van der Waals surface area contributed by atoms with Gasteiger partial charge in [0.15, 0.2) is 5.82 Å². The zero-order valence-corrected chi connectivity index (χ0v) is 16.6. The van der Waals surface area contributed by atoms with E-state index in [4.69, 9.17) is 9.47 Å². The normalized spacial score (nSPS) is 11.9. The Labute approximate surface area is 162 Å². The quantitative estimate of drug-likeness (QED) is 0.498. The van der Waals surface area contributed by atoms with E-state index < -0.39 is 12.0 Å². The maximum atomic E-state index is 12.2.